The Morgan fingerprint density at radius 1 is 1.25 bits per heavy atom. The van der Waals surface area contributed by atoms with E-state index in [0.717, 1.165) is 12.0 Å². The first-order chi connectivity index (χ1) is 7.65. The lowest BCUT2D eigenvalue weighted by atomic mass is 9.99. The maximum atomic E-state index is 7.59. The van der Waals surface area contributed by atoms with Gasteiger partial charge in [0.2, 0.25) is 0 Å². The van der Waals surface area contributed by atoms with Crippen molar-refractivity contribution in [2.45, 2.75) is 40.0 Å². The average molecular weight is 215 g/mol. The Morgan fingerprint density at radius 2 is 1.94 bits per heavy atom. The summed E-state index contributed by atoms with van der Waals surface area (Å²) in [7, 11) is 0. The SMILES string of the molecule is CCCCc1ccccc1/C=C(\C)C(C)=N. The first-order valence-electron chi connectivity index (χ1n) is 5.97. The van der Waals surface area contributed by atoms with Crippen molar-refractivity contribution in [3.63, 3.8) is 0 Å². The molecule has 0 aliphatic carbocycles. The van der Waals surface area contributed by atoms with Gasteiger partial charge in [-0.1, -0.05) is 37.6 Å². The van der Waals surface area contributed by atoms with Gasteiger partial charge in [0.1, 0.15) is 0 Å². The van der Waals surface area contributed by atoms with Gasteiger partial charge in [-0.25, -0.2) is 0 Å². The minimum Gasteiger partial charge on any atom is -0.305 e. The Balaban J connectivity index is 2.94. The van der Waals surface area contributed by atoms with Crippen LogP contribution in [-0.4, -0.2) is 5.71 Å². The van der Waals surface area contributed by atoms with Gasteiger partial charge in [-0.3, -0.25) is 0 Å². The fourth-order valence-electron chi connectivity index (χ4n) is 1.61. The first-order valence-corrected chi connectivity index (χ1v) is 5.97. The second kappa shape index (κ2) is 6.26. The molecule has 0 amide bonds. The van der Waals surface area contributed by atoms with Gasteiger partial charge in [-0.2, -0.15) is 0 Å². The molecule has 0 radical (unpaired) electrons. The van der Waals surface area contributed by atoms with Crippen LogP contribution < -0.4 is 0 Å². The number of benzene rings is 1. The highest BCUT2D eigenvalue weighted by Crippen LogP contribution is 2.16. The van der Waals surface area contributed by atoms with Crippen LogP contribution in [-0.2, 0) is 6.42 Å². The normalized spacial score (nSPS) is 11.6. The van der Waals surface area contributed by atoms with Gasteiger partial charge in [0.25, 0.3) is 0 Å². The highest BCUT2D eigenvalue weighted by atomic mass is 14.4. The summed E-state index contributed by atoms with van der Waals surface area (Å²) >= 11 is 0. The van der Waals surface area contributed by atoms with E-state index in [4.69, 9.17) is 5.41 Å². The highest BCUT2D eigenvalue weighted by Gasteiger charge is 2.00. The third-order valence-electron chi connectivity index (χ3n) is 2.82. The Kier molecular flexibility index (Phi) is 4.97. The molecule has 1 aromatic carbocycles. The molecule has 1 nitrogen and oxygen atoms in total. The molecule has 0 fully saturated rings. The molecule has 0 aliphatic heterocycles. The van der Waals surface area contributed by atoms with Crippen LogP contribution in [0.1, 0.15) is 44.7 Å². The molecule has 0 heterocycles. The van der Waals surface area contributed by atoms with E-state index < -0.39 is 0 Å². The van der Waals surface area contributed by atoms with Crippen LogP contribution >= 0.6 is 0 Å². The Labute approximate surface area is 98.7 Å². The number of rotatable bonds is 5. The van der Waals surface area contributed by atoms with Crippen LogP contribution in [0.4, 0.5) is 0 Å². The molecular formula is C15H21N. The van der Waals surface area contributed by atoms with Crippen molar-refractivity contribution in [2.75, 3.05) is 0 Å². The van der Waals surface area contributed by atoms with E-state index in [1.54, 1.807) is 0 Å². The summed E-state index contributed by atoms with van der Waals surface area (Å²) in [5.41, 5.74) is 4.35. The van der Waals surface area contributed by atoms with Gasteiger partial charge in [0.15, 0.2) is 0 Å². The van der Waals surface area contributed by atoms with E-state index in [9.17, 15) is 0 Å². The predicted molar refractivity (Wildman–Crippen MR) is 72.1 cm³/mol. The fraction of sp³-hybridized carbons (Fsp3) is 0.400. The van der Waals surface area contributed by atoms with Gasteiger partial charge in [0, 0.05) is 5.71 Å². The fourth-order valence-corrected chi connectivity index (χ4v) is 1.61. The summed E-state index contributed by atoms with van der Waals surface area (Å²) in [6.07, 6.45) is 5.70. The van der Waals surface area contributed by atoms with Gasteiger partial charge in [0.05, 0.1) is 0 Å². The molecule has 0 atom stereocenters. The van der Waals surface area contributed by atoms with E-state index in [1.165, 1.54) is 24.0 Å². The van der Waals surface area contributed by atoms with E-state index in [-0.39, 0.29) is 0 Å². The Bertz CT molecular complexity index is 388. The van der Waals surface area contributed by atoms with Gasteiger partial charge in [-0.05, 0) is 49.5 Å². The predicted octanol–water partition coefficient (Wildman–Crippen LogP) is 4.47. The number of hydrogen-bond donors (Lipinski definition) is 1. The molecule has 0 spiro atoms. The molecule has 1 heteroatoms. The lowest BCUT2D eigenvalue weighted by Gasteiger charge is -2.06. The monoisotopic (exact) mass is 215 g/mol. The minimum absolute atomic E-state index is 0.644. The number of hydrogen-bond acceptors (Lipinski definition) is 1. The van der Waals surface area contributed by atoms with Crippen molar-refractivity contribution in [2.24, 2.45) is 0 Å². The molecule has 0 aliphatic rings. The summed E-state index contributed by atoms with van der Waals surface area (Å²) in [4.78, 5) is 0. The summed E-state index contributed by atoms with van der Waals surface area (Å²) in [6.45, 7) is 6.05. The Morgan fingerprint density at radius 3 is 2.56 bits per heavy atom. The number of nitrogens with one attached hydrogen (secondary N) is 1. The summed E-state index contributed by atoms with van der Waals surface area (Å²) in [5.74, 6) is 0. The van der Waals surface area contributed by atoms with E-state index >= 15 is 0 Å². The maximum Gasteiger partial charge on any atom is 0.0312 e. The minimum atomic E-state index is 0.644. The third-order valence-corrected chi connectivity index (χ3v) is 2.82. The van der Waals surface area contributed by atoms with Crippen molar-refractivity contribution in [3.8, 4) is 0 Å². The maximum absolute atomic E-state index is 7.59. The molecule has 86 valence electrons. The van der Waals surface area contributed by atoms with Gasteiger partial charge >= 0.3 is 0 Å². The molecule has 16 heavy (non-hydrogen) atoms. The zero-order chi connectivity index (χ0) is 12.0. The topological polar surface area (TPSA) is 23.9 Å². The lowest BCUT2D eigenvalue weighted by Crippen LogP contribution is -1.93. The second-order valence-corrected chi connectivity index (χ2v) is 4.25. The molecule has 0 unspecified atom stereocenters. The summed E-state index contributed by atoms with van der Waals surface area (Å²) in [5, 5.41) is 7.59. The van der Waals surface area contributed by atoms with Gasteiger partial charge in [-0.15, -0.1) is 0 Å². The molecule has 0 bridgehead atoms. The van der Waals surface area contributed by atoms with Crippen LogP contribution in [0, 0.1) is 5.41 Å². The van der Waals surface area contributed by atoms with Gasteiger partial charge < -0.3 is 5.41 Å². The van der Waals surface area contributed by atoms with Crippen LogP contribution in [0.5, 0.6) is 0 Å². The van der Waals surface area contributed by atoms with E-state index in [0.29, 0.717) is 5.71 Å². The standard InChI is InChI=1S/C15H21N/c1-4-5-8-14-9-6-7-10-15(14)11-12(2)13(3)16/h6-7,9-11,16H,4-5,8H2,1-3H3/b12-11+,16-13?. The molecule has 1 aromatic rings. The molecular weight excluding hydrogens is 194 g/mol. The second-order valence-electron chi connectivity index (χ2n) is 4.25. The van der Waals surface area contributed by atoms with Crippen LogP contribution in [0.25, 0.3) is 6.08 Å². The van der Waals surface area contributed by atoms with Crippen LogP contribution in [0.2, 0.25) is 0 Å². The number of aryl methyl sites for hydroxylation is 1. The van der Waals surface area contributed by atoms with Crippen molar-refractivity contribution < 1.29 is 0 Å². The highest BCUT2D eigenvalue weighted by molar-refractivity contribution is 5.99. The van der Waals surface area contributed by atoms with E-state index in [2.05, 4.69) is 37.3 Å². The smallest absolute Gasteiger partial charge is 0.0312 e. The number of unbranched alkanes of at least 4 members (excludes halogenated alkanes) is 1. The Hall–Kier alpha value is -1.37. The van der Waals surface area contributed by atoms with Crippen molar-refractivity contribution in [1.82, 2.24) is 0 Å². The molecule has 0 saturated carbocycles. The first kappa shape index (κ1) is 12.7. The zero-order valence-electron chi connectivity index (χ0n) is 10.5. The zero-order valence-corrected chi connectivity index (χ0v) is 10.5. The molecule has 0 aromatic heterocycles. The summed E-state index contributed by atoms with van der Waals surface area (Å²) in [6, 6.07) is 8.48. The van der Waals surface area contributed by atoms with Crippen molar-refractivity contribution >= 4 is 11.8 Å². The average Bonchev–Trinajstić information content (AvgIpc) is 2.27. The van der Waals surface area contributed by atoms with Crippen LogP contribution in [0.15, 0.2) is 29.8 Å². The molecule has 1 rings (SSSR count). The summed E-state index contributed by atoms with van der Waals surface area (Å²) < 4.78 is 0. The third kappa shape index (κ3) is 3.65. The lowest BCUT2D eigenvalue weighted by molar-refractivity contribution is 0.794. The van der Waals surface area contributed by atoms with Crippen molar-refractivity contribution in [1.29, 1.82) is 5.41 Å². The largest absolute Gasteiger partial charge is 0.305 e. The quantitative estimate of drug-likeness (QED) is 0.701. The van der Waals surface area contributed by atoms with Crippen LogP contribution in [0.3, 0.4) is 0 Å². The molecule has 1 N–H and O–H groups in total. The number of allylic oxidation sites excluding steroid dienone is 1. The van der Waals surface area contributed by atoms with E-state index in [1.807, 2.05) is 13.8 Å². The van der Waals surface area contributed by atoms with Crippen molar-refractivity contribution in [3.05, 3.63) is 41.0 Å². The molecule has 0 saturated heterocycles.